The molecule has 4 nitrogen and oxygen atoms in total. The first-order valence-electron chi connectivity index (χ1n) is 7.31. The van der Waals surface area contributed by atoms with Crippen LogP contribution in [-0.4, -0.2) is 49.6 Å². The molecule has 0 atom stereocenters. The van der Waals surface area contributed by atoms with E-state index >= 15 is 0 Å². The van der Waals surface area contributed by atoms with Gasteiger partial charge in [-0.05, 0) is 6.07 Å². The number of para-hydroxylation sites is 1. The third-order valence-electron chi connectivity index (χ3n) is 4.08. The minimum absolute atomic E-state index is 0.114. The van der Waals surface area contributed by atoms with Gasteiger partial charge in [-0.25, -0.2) is 8.78 Å². The van der Waals surface area contributed by atoms with Gasteiger partial charge in [0.05, 0.1) is 25.3 Å². The van der Waals surface area contributed by atoms with E-state index in [2.05, 4.69) is 0 Å². The maximum atomic E-state index is 13.6. The number of amides is 1. The summed E-state index contributed by atoms with van der Waals surface area (Å²) < 4.78 is 37.8. The Labute approximate surface area is 128 Å². The van der Waals surface area contributed by atoms with Crippen molar-refractivity contribution in [1.29, 1.82) is 0 Å². The lowest BCUT2D eigenvalue weighted by molar-refractivity contribution is -0.0660. The first kappa shape index (κ1) is 15.2. The molecule has 1 aromatic rings. The third-order valence-corrected chi connectivity index (χ3v) is 4.08. The Hall–Kier alpha value is -1.69. The van der Waals surface area contributed by atoms with Crippen molar-refractivity contribution in [3.63, 3.8) is 0 Å². The Morgan fingerprint density at radius 3 is 2.82 bits per heavy atom. The molecule has 1 aromatic carbocycles. The third kappa shape index (κ3) is 2.67. The Morgan fingerprint density at radius 2 is 2.05 bits per heavy atom. The fraction of sp³-hybridized carbons (Fsp3) is 0.562. The number of hydrogen-bond acceptors (Lipinski definition) is 3. The summed E-state index contributed by atoms with van der Waals surface area (Å²) >= 11 is 0. The van der Waals surface area contributed by atoms with E-state index in [0.29, 0.717) is 17.9 Å². The van der Waals surface area contributed by atoms with Gasteiger partial charge in [-0.3, -0.25) is 4.79 Å². The van der Waals surface area contributed by atoms with Gasteiger partial charge in [0.25, 0.3) is 11.8 Å². The zero-order valence-corrected chi connectivity index (χ0v) is 12.7. The number of ether oxygens (including phenoxy) is 2. The van der Waals surface area contributed by atoms with Gasteiger partial charge in [0.1, 0.15) is 12.4 Å². The van der Waals surface area contributed by atoms with Gasteiger partial charge in [0.2, 0.25) is 0 Å². The van der Waals surface area contributed by atoms with Crippen LogP contribution in [0.4, 0.5) is 8.78 Å². The van der Waals surface area contributed by atoms with Crippen molar-refractivity contribution in [3.8, 4) is 5.75 Å². The summed E-state index contributed by atoms with van der Waals surface area (Å²) in [7, 11) is 0. The molecule has 0 aliphatic carbocycles. The van der Waals surface area contributed by atoms with Crippen LogP contribution in [0, 0.1) is 0 Å². The van der Waals surface area contributed by atoms with Gasteiger partial charge in [0, 0.05) is 17.5 Å². The highest BCUT2D eigenvalue weighted by Gasteiger charge is 2.39. The lowest BCUT2D eigenvalue weighted by Crippen LogP contribution is -2.41. The van der Waals surface area contributed by atoms with Crippen molar-refractivity contribution in [1.82, 2.24) is 4.90 Å². The van der Waals surface area contributed by atoms with Crippen molar-refractivity contribution in [2.45, 2.75) is 25.2 Å². The zero-order valence-electron chi connectivity index (χ0n) is 12.7. The molecule has 1 amide bonds. The minimum atomic E-state index is -3.02. The first-order chi connectivity index (χ1) is 10.3. The fourth-order valence-corrected chi connectivity index (χ4v) is 2.87. The number of fused-ring (bicyclic) bond motifs is 1. The summed E-state index contributed by atoms with van der Waals surface area (Å²) in [6.07, 6.45) is 0. The quantitative estimate of drug-likeness (QED) is 0.800. The van der Waals surface area contributed by atoms with Gasteiger partial charge >= 0.3 is 0 Å². The highest BCUT2D eigenvalue weighted by atomic mass is 19.3. The van der Waals surface area contributed by atoms with Crippen LogP contribution in [0.1, 0.15) is 29.8 Å². The molecule has 0 unspecified atom stereocenters. The van der Waals surface area contributed by atoms with E-state index < -0.39 is 25.0 Å². The monoisotopic (exact) mass is 311 g/mol. The number of hydrogen-bond donors (Lipinski definition) is 0. The number of benzene rings is 1. The minimum Gasteiger partial charge on any atom is -0.492 e. The molecule has 3 rings (SSSR count). The summed E-state index contributed by atoms with van der Waals surface area (Å²) in [6.45, 7) is 3.53. The number of alkyl halides is 2. The molecule has 2 heterocycles. The van der Waals surface area contributed by atoms with E-state index in [1.807, 2.05) is 19.9 Å². The van der Waals surface area contributed by atoms with E-state index in [4.69, 9.17) is 9.47 Å². The molecule has 0 aromatic heterocycles. The van der Waals surface area contributed by atoms with E-state index in [1.54, 1.807) is 12.1 Å². The fourth-order valence-electron chi connectivity index (χ4n) is 2.87. The standard InChI is InChI=1S/C16H19F2NO3/c1-15(2)9-22-13-11(4-3-5-12(13)15)14(20)19-6-7-21-10-16(17,18)8-19/h3-5H,6-10H2,1-2H3. The smallest absolute Gasteiger partial charge is 0.288 e. The molecule has 0 bridgehead atoms. The molecule has 22 heavy (non-hydrogen) atoms. The number of nitrogens with zero attached hydrogens (tertiary/aromatic N) is 1. The Kier molecular flexibility index (Phi) is 3.59. The van der Waals surface area contributed by atoms with Gasteiger partial charge in [0.15, 0.2) is 0 Å². The number of halogens is 2. The largest absolute Gasteiger partial charge is 0.492 e. The Bertz CT molecular complexity index is 601. The molecular weight excluding hydrogens is 292 g/mol. The Morgan fingerprint density at radius 1 is 1.27 bits per heavy atom. The van der Waals surface area contributed by atoms with Crippen LogP contribution in [0.25, 0.3) is 0 Å². The van der Waals surface area contributed by atoms with Crippen LogP contribution >= 0.6 is 0 Å². The molecule has 1 fully saturated rings. The van der Waals surface area contributed by atoms with E-state index in [0.717, 1.165) is 10.5 Å². The highest BCUT2D eigenvalue weighted by Crippen LogP contribution is 2.41. The average molecular weight is 311 g/mol. The number of rotatable bonds is 1. The molecule has 0 radical (unpaired) electrons. The molecular formula is C16H19F2NO3. The molecule has 2 aliphatic rings. The lowest BCUT2D eigenvalue weighted by atomic mass is 9.86. The van der Waals surface area contributed by atoms with Crippen molar-refractivity contribution in [2.75, 3.05) is 32.9 Å². The van der Waals surface area contributed by atoms with Crippen molar-refractivity contribution in [2.24, 2.45) is 0 Å². The summed E-state index contributed by atoms with van der Waals surface area (Å²) in [5.41, 5.74) is 1.11. The number of carbonyl (C=O) groups excluding carboxylic acids is 1. The molecule has 0 N–H and O–H groups in total. The Balaban J connectivity index is 1.92. The van der Waals surface area contributed by atoms with Crippen LogP contribution in [0.15, 0.2) is 18.2 Å². The molecule has 0 spiro atoms. The van der Waals surface area contributed by atoms with Gasteiger partial charge < -0.3 is 14.4 Å². The van der Waals surface area contributed by atoms with E-state index in [9.17, 15) is 13.6 Å². The summed E-state index contributed by atoms with van der Waals surface area (Å²) in [4.78, 5) is 13.8. The van der Waals surface area contributed by atoms with E-state index in [1.165, 1.54) is 0 Å². The summed E-state index contributed by atoms with van der Waals surface area (Å²) in [6, 6.07) is 5.32. The second-order valence-electron chi connectivity index (χ2n) is 6.49. The normalized spacial score (nSPS) is 22.6. The molecule has 1 saturated heterocycles. The van der Waals surface area contributed by atoms with Crippen LogP contribution in [0.5, 0.6) is 5.75 Å². The van der Waals surface area contributed by atoms with Crippen molar-refractivity contribution >= 4 is 5.91 Å². The topological polar surface area (TPSA) is 38.8 Å². The van der Waals surface area contributed by atoms with Crippen LogP contribution < -0.4 is 4.74 Å². The van der Waals surface area contributed by atoms with Gasteiger partial charge in [-0.2, -0.15) is 0 Å². The highest BCUT2D eigenvalue weighted by molar-refractivity contribution is 5.97. The second kappa shape index (κ2) is 5.19. The summed E-state index contributed by atoms with van der Waals surface area (Å²) in [5, 5.41) is 0. The maximum Gasteiger partial charge on any atom is 0.288 e. The second-order valence-corrected chi connectivity index (χ2v) is 6.49. The molecule has 120 valence electrons. The van der Waals surface area contributed by atoms with Crippen LogP contribution in [-0.2, 0) is 10.2 Å². The molecule has 6 heteroatoms. The van der Waals surface area contributed by atoms with E-state index in [-0.39, 0.29) is 18.6 Å². The average Bonchev–Trinajstić information content (AvgIpc) is 2.65. The van der Waals surface area contributed by atoms with Crippen LogP contribution in [0.2, 0.25) is 0 Å². The molecule has 2 aliphatic heterocycles. The van der Waals surface area contributed by atoms with Crippen molar-refractivity contribution in [3.05, 3.63) is 29.3 Å². The molecule has 0 saturated carbocycles. The predicted molar refractivity (Wildman–Crippen MR) is 76.6 cm³/mol. The maximum absolute atomic E-state index is 13.6. The van der Waals surface area contributed by atoms with Gasteiger partial charge in [-0.1, -0.05) is 26.0 Å². The number of carbonyl (C=O) groups is 1. The van der Waals surface area contributed by atoms with Crippen LogP contribution in [0.3, 0.4) is 0 Å². The first-order valence-corrected chi connectivity index (χ1v) is 7.31. The summed E-state index contributed by atoms with van der Waals surface area (Å²) in [5.74, 6) is -2.93. The predicted octanol–water partition coefficient (Wildman–Crippen LogP) is 2.46. The van der Waals surface area contributed by atoms with Crippen molar-refractivity contribution < 1.29 is 23.0 Å². The van der Waals surface area contributed by atoms with Gasteiger partial charge in [-0.15, -0.1) is 0 Å². The SMILES string of the molecule is CC1(C)COc2c(C(=O)N3CCOCC(F)(F)C3)cccc21. The lowest BCUT2D eigenvalue weighted by Gasteiger charge is -2.24. The zero-order chi connectivity index (χ0) is 16.0.